The monoisotopic (exact) mass is 268 g/mol. The largest absolute Gasteiger partial charge is 0.387 e. The molecule has 1 aromatic rings. The minimum absolute atomic E-state index is 0.0909. The molecule has 0 aromatic heterocycles. The number of benzene rings is 1. The van der Waals surface area contributed by atoms with E-state index in [1.165, 1.54) is 12.1 Å². The second kappa shape index (κ2) is 5.16. The van der Waals surface area contributed by atoms with Gasteiger partial charge in [-0.15, -0.1) is 0 Å². The number of hydrogen-bond donors (Lipinski definition) is 2. The smallest absolute Gasteiger partial charge is 0.269 e. The lowest BCUT2D eigenvalue weighted by molar-refractivity contribution is -0.384. The molecule has 6 heteroatoms. The predicted octanol–water partition coefficient (Wildman–Crippen LogP) is 2.18. The number of nitro benzene ring substituents is 1. The van der Waals surface area contributed by atoms with Gasteiger partial charge >= 0.3 is 0 Å². The van der Waals surface area contributed by atoms with Crippen LogP contribution in [0.1, 0.15) is 12.0 Å². The Balaban J connectivity index is 2.03. The van der Waals surface area contributed by atoms with Crippen LogP contribution < -0.4 is 5.32 Å². The molecule has 1 atom stereocenters. The van der Waals surface area contributed by atoms with Crippen molar-refractivity contribution in [3.8, 4) is 0 Å². The molecule has 98 valence electrons. The van der Waals surface area contributed by atoms with Crippen LogP contribution in [0.25, 0.3) is 0 Å². The van der Waals surface area contributed by atoms with E-state index in [0.29, 0.717) is 6.54 Å². The quantitative estimate of drug-likeness (QED) is 0.646. The summed E-state index contributed by atoms with van der Waals surface area (Å²) in [6.07, 6.45) is 0.788. The third-order valence-electron chi connectivity index (χ3n) is 3.11. The van der Waals surface area contributed by atoms with E-state index in [2.05, 4.69) is 5.32 Å². The van der Waals surface area contributed by atoms with Gasteiger partial charge in [-0.2, -0.15) is 11.8 Å². The standard InChI is InChI=1S/C12H16N2O3S/c1-9-6-10(14(16)17)2-3-11(9)13-7-12(15)4-5-18-8-12/h2-3,6,13,15H,4-5,7-8H2,1H3. The van der Waals surface area contributed by atoms with Crippen molar-refractivity contribution in [2.75, 3.05) is 23.4 Å². The first-order chi connectivity index (χ1) is 8.50. The van der Waals surface area contributed by atoms with Crippen molar-refractivity contribution in [1.82, 2.24) is 0 Å². The summed E-state index contributed by atoms with van der Waals surface area (Å²) in [4.78, 5) is 10.2. The first-order valence-electron chi connectivity index (χ1n) is 5.79. The summed E-state index contributed by atoms with van der Waals surface area (Å²) in [6.45, 7) is 2.31. The molecule has 0 aliphatic carbocycles. The van der Waals surface area contributed by atoms with Gasteiger partial charge in [-0.25, -0.2) is 0 Å². The summed E-state index contributed by atoms with van der Waals surface area (Å²) in [5.41, 5.74) is 1.09. The number of aryl methyl sites for hydroxylation is 1. The zero-order valence-electron chi connectivity index (χ0n) is 10.2. The number of nitro groups is 1. The van der Waals surface area contributed by atoms with Crippen LogP contribution >= 0.6 is 11.8 Å². The van der Waals surface area contributed by atoms with E-state index in [9.17, 15) is 15.2 Å². The molecule has 5 nitrogen and oxygen atoms in total. The Morgan fingerprint density at radius 2 is 2.39 bits per heavy atom. The molecule has 2 rings (SSSR count). The average molecular weight is 268 g/mol. The molecule has 18 heavy (non-hydrogen) atoms. The lowest BCUT2D eigenvalue weighted by Gasteiger charge is -2.22. The SMILES string of the molecule is Cc1cc([N+](=O)[O-])ccc1NCC1(O)CCSC1. The van der Waals surface area contributed by atoms with Crippen molar-refractivity contribution in [3.05, 3.63) is 33.9 Å². The van der Waals surface area contributed by atoms with E-state index in [1.807, 2.05) is 6.92 Å². The highest BCUT2D eigenvalue weighted by atomic mass is 32.2. The number of aliphatic hydroxyl groups is 1. The molecule has 0 bridgehead atoms. The third kappa shape index (κ3) is 2.94. The predicted molar refractivity (Wildman–Crippen MR) is 73.2 cm³/mol. The van der Waals surface area contributed by atoms with E-state index >= 15 is 0 Å². The number of nitrogens with zero attached hydrogens (tertiary/aromatic N) is 1. The number of hydrogen-bond acceptors (Lipinski definition) is 5. The number of non-ortho nitro benzene ring substituents is 1. The van der Waals surface area contributed by atoms with E-state index in [-0.39, 0.29) is 5.69 Å². The number of thioether (sulfide) groups is 1. The van der Waals surface area contributed by atoms with Gasteiger partial charge in [-0.1, -0.05) is 0 Å². The van der Waals surface area contributed by atoms with Crippen molar-refractivity contribution in [3.63, 3.8) is 0 Å². The molecule has 0 radical (unpaired) electrons. The molecule has 1 fully saturated rings. The second-order valence-electron chi connectivity index (χ2n) is 4.64. The van der Waals surface area contributed by atoms with E-state index in [0.717, 1.165) is 29.2 Å². The molecule has 1 saturated heterocycles. The summed E-state index contributed by atoms with van der Waals surface area (Å²) in [6, 6.07) is 4.71. The summed E-state index contributed by atoms with van der Waals surface area (Å²) in [5, 5.41) is 24.0. The molecular formula is C12H16N2O3S. The van der Waals surface area contributed by atoms with Gasteiger partial charge in [-0.3, -0.25) is 10.1 Å². The van der Waals surface area contributed by atoms with Gasteiger partial charge < -0.3 is 10.4 Å². The highest BCUT2D eigenvalue weighted by molar-refractivity contribution is 7.99. The Morgan fingerprint density at radius 1 is 1.61 bits per heavy atom. The van der Waals surface area contributed by atoms with Gasteiger partial charge in [0.1, 0.15) is 0 Å². The summed E-state index contributed by atoms with van der Waals surface area (Å²) in [7, 11) is 0. The second-order valence-corrected chi connectivity index (χ2v) is 5.74. The van der Waals surface area contributed by atoms with Gasteiger partial charge in [0, 0.05) is 30.1 Å². The molecule has 1 unspecified atom stereocenters. The molecule has 2 N–H and O–H groups in total. The Labute approximate surface area is 110 Å². The highest BCUT2D eigenvalue weighted by Crippen LogP contribution is 2.29. The lowest BCUT2D eigenvalue weighted by Crippen LogP contribution is -2.36. The van der Waals surface area contributed by atoms with Crippen LogP contribution in [0, 0.1) is 17.0 Å². The fraction of sp³-hybridized carbons (Fsp3) is 0.500. The Hall–Kier alpha value is -1.27. The molecule has 1 aromatic carbocycles. The minimum Gasteiger partial charge on any atom is -0.387 e. The maximum absolute atomic E-state index is 10.6. The lowest BCUT2D eigenvalue weighted by atomic mass is 10.0. The minimum atomic E-state index is -0.654. The maximum atomic E-state index is 10.6. The summed E-state index contributed by atoms with van der Waals surface area (Å²) < 4.78 is 0. The van der Waals surface area contributed by atoms with Crippen LogP contribution in [0.5, 0.6) is 0 Å². The zero-order chi connectivity index (χ0) is 13.2. The molecule has 1 aliphatic heterocycles. The molecular weight excluding hydrogens is 252 g/mol. The van der Waals surface area contributed by atoms with Crippen LogP contribution in [0.2, 0.25) is 0 Å². The van der Waals surface area contributed by atoms with E-state index in [4.69, 9.17) is 0 Å². The topological polar surface area (TPSA) is 75.4 Å². The van der Waals surface area contributed by atoms with Crippen molar-refractivity contribution < 1.29 is 10.0 Å². The fourth-order valence-corrected chi connectivity index (χ4v) is 3.25. The number of rotatable bonds is 4. The summed E-state index contributed by atoms with van der Waals surface area (Å²) in [5.74, 6) is 1.73. The fourth-order valence-electron chi connectivity index (χ4n) is 1.96. The average Bonchev–Trinajstić information content (AvgIpc) is 2.75. The van der Waals surface area contributed by atoms with E-state index in [1.54, 1.807) is 17.8 Å². The van der Waals surface area contributed by atoms with Gasteiger partial charge in [-0.05, 0) is 30.7 Å². The zero-order valence-corrected chi connectivity index (χ0v) is 11.0. The third-order valence-corrected chi connectivity index (χ3v) is 4.35. The van der Waals surface area contributed by atoms with Crippen molar-refractivity contribution in [2.45, 2.75) is 18.9 Å². The van der Waals surface area contributed by atoms with Crippen LogP contribution in [0.15, 0.2) is 18.2 Å². The first-order valence-corrected chi connectivity index (χ1v) is 6.95. The van der Waals surface area contributed by atoms with Crippen LogP contribution in [0.3, 0.4) is 0 Å². The maximum Gasteiger partial charge on any atom is 0.269 e. The van der Waals surface area contributed by atoms with Crippen molar-refractivity contribution in [2.24, 2.45) is 0 Å². The van der Waals surface area contributed by atoms with Crippen LogP contribution in [-0.2, 0) is 0 Å². The van der Waals surface area contributed by atoms with Crippen molar-refractivity contribution in [1.29, 1.82) is 0 Å². The molecule has 0 amide bonds. The van der Waals surface area contributed by atoms with E-state index < -0.39 is 10.5 Å². The highest BCUT2D eigenvalue weighted by Gasteiger charge is 2.31. The first kappa shape index (κ1) is 13.2. The Bertz CT molecular complexity index is 459. The summed E-state index contributed by atoms with van der Waals surface area (Å²) >= 11 is 1.75. The molecule has 1 heterocycles. The van der Waals surface area contributed by atoms with Crippen LogP contribution in [0.4, 0.5) is 11.4 Å². The van der Waals surface area contributed by atoms with Crippen LogP contribution in [-0.4, -0.2) is 33.7 Å². The van der Waals surface area contributed by atoms with Gasteiger partial charge in [0.05, 0.1) is 10.5 Å². The Kier molecular flexibility index (Phi) is 3.77. The Morgan fingerprint density at radius 3 is 2.94 bits per heavy atom. The molecule has 0 spiro atoms. The number of anilines is 1. The number of nitrogens with one attached hydrogen (secondary N) is 1. The normalized spacial score (nSPS) is 23.0. The molecule has 0 saturated carbocycles. The van der Waals surface area contributed by atoms with Gasteiger partial charge in [0.15, 0.2) is 0 Å². The molecule has 1 aliphatic rings. The van der Waals surface area contributed by atoms with Gasteiger partial charge in [0.25, 0.3) is 5.69 Å². The van der Waals surface area contributed by atoms with Crippen molar-refractivity contribution >= 4 is 23.1 Å². The van der Waals surface area contributed by atoms with Gasteiger partial charge in [0.2, 0.25) is 0 Å².